The lowest BCUT2D eigenvalue weighted by Crippen LogP contribution is -2.21. The molecule has 1 aromatic rings. The van der Waals surface area contributed by atoms with E-state index in [0.29, 0.717) is 5.75 Å². The Morgan fingerprint density at radius 1 is 1.14 bits per heavy atom. The van der Waals surface area contributed by atoms with Crippen molar-refractivity contribution in [3.63, 3.8) is 0 Å². The second-order valence-electron chi connectivity index (χ2n) is 5.81. The fourth-order valence-electron chi connectivity index (χ4n) is 3.29. The molecule has 4 heteroatoms. The van der Waals surface area contributed by atoms with Crippen molar-refractivity contribution in [2.75, 3.05) is 21.3 Å². The van der Waals surface area contributed by atoms with Crippen LogP contribution in [0.1, 0.15) is 50.1 Å². The standard InChI is InChI=1S/C17H26ClNO2/c1-19-15(9-12-7-5-4-6-8-12)13-10-16(20-2)17(21-3)11-14(13)18/h10-12,15,19H,4-9H2,1-3H3. The van der Waals surface area contributed by atoms with Crippen molar-refractivity contribution in [3.05, 3.63) is 22.7 Å². The van der Waals surface area contributed by atoms with E-state index in [1.165, 1.54) is 32.1 Å². The average Bonchev–Trinajstić information content (AvgIpc) is 2.53. The molecule has 1 fully saturated rings. The maximum absolute atomic E-state index is 6.45. The molecule has 0 saturated heterocycles. The molecule has 0 heterocycles. The summed E-state index contributed by atoms with van der Waals surface area (Å²) in [5.74, 6) is 2.21. The maximum atomic E-state index is 6.45. The van der Waals surface area contributed by atoms with E-state index in [0.717, 1.165) is 28.7 Å². The van der Waals surface area contributed by atoms with E-state index < -0.39 is 0 Å². The highest BCUT2D eigenvalue weighted by Gasteiger charge is 2.22. The van der Waals surface area contributed by atoms with Crippen LogP contribution >= 0.6 is 11.6 Å². The van der Waals surface area contributed by atoms with Crippen molar-refractivity contribution < 1.29 is 9.47 Å². The smallest absolute Gasteiger partial charge is 0.162 e. The first-order valence-corrected chi connectivity index (χ1v) is 8.16. The first kappa shape index (κ1) is 16.4. The number of ether oxygens (including phenoxy) is 2. The monoisotopic (exact) mass is 311 g/mol. The second-order valence-corrected chi connectivity index (χ2v) is 6.22. The SMILES string of the molecule is CNC(CC1CCCCC1)c1cc(OC)c(OC)cc1Cl. The minimum atomic E-state index is 0.264. The van der Waals surface area contributed by atoms with Gasteiger partial charge in [-0.15, -0.1) is 0 Å². The van der Waals surface area contributed by atoms with Gasteiger partial charge >= 0.3 is 0 Å². The average molecular weight is 312 g/mol. The predicted molar refractivity (Wildman–Crippen MR) is 87.5 cm³/mol. The number of nitrogens with one attached hydrogen (secondary N) is 1. The summed E-state index contributed by atoms with van der Waals surface area (Å²) in [5.41, 5.74) is 1.10. The number of halogens is 1. The molecule has 1 aromatic carbocycles. The van der Waals surface area contributed by atoms with Gasteiger partial charge in [0.05, 0.1) is 14.2 Å². The molecular weight excluding hydrogens is 286 g/mol. The molecule has 118 valence electrons. The number of hydrogen-bond acceptors (Lipinski definition) is 3. The Morgan fingerprint density at radius 3 is 2.33 bits per heavy atom. The summed E-state index contributed by atoms with van der Waals surface area (Å²) in [6, 6.07) is 4.12. The molecule has 1 N–H and O–H groups in total. The zero-order valence-electron chi connectivity index (χ0n) is 13.2. The van der Waals surface area contributed by atoms with E-state index in [4.69, 9.17) is 21.1 Å². The Bertz CT molecular complexity index is 458. The third-order valence-electron chi connectivity index (χ3n) is 4.52. The molecular formula is C17H26ClNO2. The summed E-state index contributed by atoms with van der Waals surface area (Å²) < 4.78 is 10.7. The fourth-order valence-corrected chi connectivity index (χ4v) is 3.58. The molecule has 21 heavy (non-hydrogen) atoms. The van der Waals surface area contributed by atoms with Gasteiger partial charge in [0.25, 0.3) is 0 Å². The van der Waals surface area contributed by atoms with E-state index in [2.05, 4.69) is 5.32 Å². The Labute approximate surface area is 133 Å². The van der Waals surface area contributed by atoms with Crippen LogP contribution in [0.5, 0.6) is 11.5 Å². The minimum absolute atomic E-state index is 0.264. The number of rotatable bonds is 6. The van der Waals surface area contributed by atoms with Gasteiger partial charge in [-0.25, -0.2) is 0 Å². The Kier molecular flexibility index (Phi) is 6.19. The van der Waals surface area contributed by atoms with Gasteiger partial charge < -0.3 is 14.8 Å². The zero-order chi connectivity index (χ0) is 15.2. The summed E-state index contributed by atoms with van der Waals surface area (Å²) in [6.45, 7) is 0. The van der Waals surface area contributed by atoms with E-state index >= 15 is 0 Å². The van der Waals surface area contributed by atoms with Crippen LogP contribution in [0.15, 0.2) is 12.1 Å². The van der Waals surface area contributed by atoms with Crippen molar-refractivity contribution in [2.24, 2.45) is 5.92 Å². The van der Waals surface area contributed by atoms with Crippen LogP contribution in [0.4, 0.5) is 0 Å². The van der Waals surface area contributed by atoms with Gasteiger partial charge in [-0.3, -0.25) is 0 Å². The van der Waals surface area contributed by atoms with Gasteiger partial charge in [0.15, 0.2) is 11.5 Å². The fraction of sp³-hybridized carbons (Fsp3) is 0.647. The number of methoxy groups -OCH3 is 2. The molecule has 0 bridgehead atoms. The molecule has 0 amide bonds. The minimum Gasteiger partial charge on any atom is -0.493 e. The van der Waals surface area contributed by atoms with Crippen LogP contribution < -0.4 is 14.8 Å². The summed E-state index contributed by atoms with van der Waals surface area (Å²) in [6.07, 6.45) is 7.91. The van der Waals surface area contributed by atoms with Crippen LogP contribution in [0.2, 0.25) is 5.02 Å². The van der Waals surface area contributed by atoms with Gasteiger partial charge in [-0.2, -0.15) is 0 Å². The molecule has 1 saturated carbocycles. The van der Waals surface area contributed by atoms with Crippen LogP contribution in [-0.4, -0.2) is 21.3 Å². The summed E-state index contributed by atoms with van der Waals surface area (Å²) in [5, 5.41) is 4.15. The highest BCUT2D eigenvalue weighted by Crippen LogP contribution is 2.39. The van der Waals surface area contributed by atoms with Gasteiger partial charge in [-0.05, 0) is 31.0 Å². The molecule has 0 aliphatic heterocycles. The topological polar surface area (TPSA) is 30.5 Å². The third-order valence-corrected chi connectivity index (χ3v) is 4.85. The van der Waals surface area contributed by atoms with Gasteiger partial charge in [0, 0.05) is 17.1 Å². The first-order chi connectivity index (χ1) is 10.2. The Hall–Kier alpha value is -0.930. The number of benzene rings is 1. The van der Waals surface area contributed by atoms with Gasteiger partial charge in [0.1, 0.15) is 0 Å². The normalized spacial score (nSPS) is 17.5. The molecule has 1 aliphatic rings. The first-order valence-electron chi connectivity index (χ1n) is 7.78. The molecule has 1 aliphatic carbocycles. The second kappa shape index (κ2) is 7.90. The molecule has 3 nitrogen and oxygen atoms in total. The largest absolute Gasteiger partial charge is 0.493 e. The zero-order valence-corrected chi connectivity index (χ0v) is 14.0. The van der Waals surface area contributed by atoms with Crippen molar-refractivity contribution in [1.29, 1.82) is 0 Å². The van der Waals surface area contributed by atoms with Crippen molar-refractivity contribution in [3.8, 4) is 11.5 Å². The highest BCUT2D eigenvalue weighted by molar-refractivity contribution is 6.31. The Balaban J connectivity index is 2.20. The van der Waals surface area contributed by atoms with Crippen LogP contribution in [0, 0.1) is 5.92 Å². The van der Waals surface area contributed by atoms with Crippen molar-refractivity contribution in [1.82, 2.24) is 5.32 Å². The van der Waals surface area contributed by atoms with Crippen LogP contribution in [-0.2, 0) is 0 Å². The molecule has 1 atom stereocenters. The van der Waals surface area contributed by atoms with Gasteiger partial charge in [0.2, 0.25) is 0 Å². The molecule has 2 rings (SSSR count). The molecule has 0 aromatic heterocycles. The van der Waals surface area contributed by atoms with E-state index in [1.807, 2.05) is 19.2 Å². The van der Waals surface area contributed by atoms with Crippen molar-refractivity contribution >= 4 is 11.6 Å². The quantitative estimate of drug-likeness (QED) is 0.833. The molecule has 1 unspecified atom stereocenters. The van der Waals surface area contributed by atoms with Crippen LogP contribution in [0.3, 0.4) is 0 Å². The lowest BCUT2D eigenvalue weighted by molar-refractivity contribution is 0.305. The molecule has 0 radical (unpaired) electrons. The van der Waals surface area contributed by atoms with Crippen LogP contribution in [0.25, 0.3) is 0 Å². The third kappa shape index (κ3) is 4.04. The lowest BCUT2D eigenvalue weighted by atomic mass is 9.83. The van der Waals surface area contributed by atoms with Crippen molar-refractivity contribution in [2.45, 2.75) is 44.6 Å². The number of hydrogen-bond donors (Lipinski definition) is 1. The van der Waals surface area contributed by atoms with Gasteiger partial charge in [-0.1, -0.05) is 43.7 Å². The lowest BCUT2D eigenvalue weighted by Gasteiger charge is -2.27. The summed E-state index contributed by atoms with van der Waals surface area (Å²) in [4.78, 5) is 0. The van der Waals surface area contributed by atoms with E-state index in [9.17, 15) is 0 Å². The Morgan fingerprint density at radius 2 is 1.76 bits per heavy atom. The summed E-state index contributed by atoms with van der Waals surface area (Å²) in [7, 11) is 5.29. The summed E-state index contributed by atoms with van der Waals surface area (Å²) >= 11 is 6.45. The molecule has 0 spiro atoms. The van der Waals surface area contributed by atoms with E-state index in [-0.39, 0.29) is 6.04 Å². The maximum Gasteiger partial charge on any atom is 0.162 e. The predicted octanol–water partition coefficient (Wildman–Crippen LogP) is 4.59. The highest BCUT2D eigenvalue weighted by atomic mass is 35.5. The van der Waals surface area contributed by atoms with E-state index in [1.54, 1.807) is 14.2 Å².